The van der Waals surface area contributed by atoms with Crippen molar-refractivity contribution >= 4 is 47.6 Å². The Balaban J connectivity index is 4.88. The number of carbonyl (C=O) groups excluding carboxylic acids is 3. The second-order valence-electron chi connectivity index (χ2n) is 3.81. The molecule has 0 aliphatic rings. The van der Waals surface area contributed by atoms with Gasteiger partial charge in [0.05, 0.1) is 0 Å². The first-order valence-electron chi connectivity index (χ1n) is 5.74. The van der Waals surface area contributed by atoms with Crippen molar-refractivity contribution in [3.8, 4) is 0 Å². The van der Waals surface area contributed by atoms with E-state index in [1.54, 1.807) is 0 Å². The van der Waals surface area contributed by atoms with Crippen LogP contribution in [0.5, 0.6) is 0 Å². The zero-order chi connectivity index (χ0) is 14.8. The van der Waals surface area contributed by atoms with Gasteiger partial charge >= 0.3 is 126 Å². The summed E-state index contributed by atoms with van der Waals surface area (Å²) in [5, 5.41) is 1.31. The molecule has 5 nitrogen and oxygen atoms in total. The molecule has 0 aliphatic heterocycles. The monoisotopic (exact) mass is 404 g/mol. The van der Waals surface area contributed by atoms with Gasteiger partial charge in [-0.15, -0.1) is 0 Å². The van der Waals surface area contributed by atoms with Gasteiger partial charge in [-0.2, -0.15) is 0 Å². The molecular formula is C12H20O5Se2. The predicted molar refractivity (Wildman–Crippen MR) is 73.5 cm³/mol. The van der Waals surface area contributed by atoms with Crippen molar-refractivity contribution < 1.29 is 23.9 Å². The van der Waals surface area contributed by atoms with E-state index in [2.05, 4.69) is 10.6 Å². The quantitative estimate of drug-likeness (QED) is 0.327. The van der Waals surface area contributed by atoms with E-state index < -0.39 is 24.0 Å². The summed E-state index contributed by atoms with van der Waals surface area (Å²) in [5.74, 6) is 1.85. The van der Waals surface area contributed by atoms with Crippen LogP contribution in [0.4, 0.5) is 0 Å². The van der Waals surface area contributed by atoms with E-state index >= 15 is 0 Å². The molecule has 0 rings (SSSR count). The third-order valence-corrected chi connectivity index (χ3v) is 5.12. The SMILES string of the molecule is COC(=O)C(C[Se]C)C(=O)C(CC[Se]C)OC(C)=O. The first-order valence-corrected chi connectivity index (χ1v) is 11.6. The molecule has 0 radical (unpaired) electrons. The van der Waals surface area contributed by atoms with Gasteiger partial charge in [0, 0.05) is 0 Å². The van der Waals surface area contributed by atoms with Crippen molar-refractivity contribution in [3.63, 3.8) is 0 Å². The van der Waals surface area contributed by atoms with E-state index in [9.17, 15) is 14.4 Å². The molecule has 0 fully saturated rings. The molecule has 0 saturated carbocycles. The van der Waals surface area contributed by atoms with Gasteiger partial charge < -0.3 is 0 Å². The van der Waals surface area contributed by atoms with Crippen LogP contribution in [-0.2, 0) is 23.9 Å². The van der Waals surface area contributed by atoms with E-state index in [0.29, 0.717) is 26.7 Å². The van der Waals surface area contributed by atoms with Crippen LogP contribution in [-0.4, -0.2) is 60.8 Å². The van der Waals surface area contributed by atoms with Gasteiger partial charge in [-0.1, -0.05) is 0 Å². The van der Waals surface area contributed by atoms with Gasteiger partial charge in [-0.3, -0.25) is 0 Å². The van der Waals surface area contributed by atoms with E-state index in [1.165, 1.54) is 14.0 Å². The molecular weight excluding hydrogens is 382 g/mol. The third kappa shape index (κ3) is 7.11. The fourth-order valence-corrected chi connectivity index (χ4v) is 3.76. The van der Waals surface area contributed by atoms with Gasteiger partial charge in [0.1, 0.15) is 0 Å². The van der Waals surface area contributed by atoms with Gasteiger partial charge in [0.25, 0.3) is 0 Å². The van der Waals surface area contributed by atoms with Crippen molar-refractivity contribution in [1.82, 2.24) is 0 Å². The molecule has 19 heavy (non-hydrogen) atoms. The predicted octanol–water partition coefficient (Wildman–Crippen LogP) is 1.01. The Kier molecular flexibility index (Phi) is 10.2. The fourth-order valence-electron chi connectivity index (χ4n) is 1.48. The van der Waals surface area contributed by atoms with Crippen molar-refractivity contribution in [1.29, 1.82) is 0 Å². The molecule has 0 aromatic rings. The summed E-state index contributed by atoms with van der Waals surface area (Å²) in [5.41, 5.74) is 0. The number of carbonyl (C=O) groups is 3. The number of hydrogen-bond acceptors (Lipinski definition) is 5. The minimum absolute atomic E-state index is 0.171. The average molecular weight is 402 g/mol. The summed E-state index contributed by atoms with van der Waals surface area (Å²) in [4.78, 5) is 35.0. The van der Waals surface area contributed by atoms with Crippen LogP contribution in [0.2, 0.25) is 22.3 Å². The molecule has 0 aromatic carbocycles. The maximum atomic E-state index is 12.3. The van der Waals surface area contributed by atoms with Gasteiger partial charge in [-0.05, 0) is 0 Å². The third-order valence-electron chi connectivity index (χ3n) is 2.37. The number of ether oxygens (including phenoxy) is 2. The standard InChI is InChI=1S/C12H20O5Se2/c1-8(13)17-10(5-6-18-3)11(14)9(7-19-4)12(15)16-2/h9-10H,5-7H2,1-4H3. The molecule has 2 atom stereocenters. The Hall–Kier alpha value is -0.351. The van der Waals surface area contributed by atoms with Crippen molar-refractivity contribution in [3.05, 3.63) is 0 Å². The molecule has 0 N–H and O–H groups in total. The van der Waals surface area contributed by atoms with Crippen molar-refractivity contribution in [2.24, 2.45) is 5.92 Å². The Morgan fingerprint density at radius 1 is 1.16 bits per heavy atom. The molecule has 0 bridgehead atoms. The summed E-state index contributed by atoms with van der Waals surface area (Å²) < 4.78 is 9.72. The van der Waals surface area contributed by atoms with Crippen LogP contribution in [0.25, 0.3) is 0 Å². The van der Waals surface area contributed by atoms with Crippen LogP contribution >= 0.6 is 0 Å². The number of methoxy groups -OCH3 is 1. The molecule has 0 heterocycles. The van der Waals surface area contributed by atoms with Crippen LogP contribution in [0, 0.1) is 5.92 Å². The van der Waals surface area contributed by atoms with Crippen molar-refractivity contribution in [2.45, 2.75) is 41.7 Å². The second-order valence-corrected chi connectivity index (χ2v) is 7.79. The summed E-state index contributed by atoms with van der Waals surface area (Å²) >= 11 is 0.568. The number of Topliss-reactive ketones (excluding diaryl/α,β-unsaturated/α-hetero) is 1. The van der Waals surface area contributed by atoms with E-state index in [1.807, 2.05) is 5.82 Å². The Bertz CT molecular complexity index is 319. The molecule has 110 valence electrons. The molecule has 0 amide bonds. The zero-order valence-corrected chi connectivity index (χ0v) is 15.1. The van der Waals surface area contributed by atoms with E-state index in [4.69, 9.17) is 4.74 Å². The maximum absolute atomic E-state index is 12.3. The first kappa shape index (κ1) is 18.6. The van der Waals surface area contributed by atoms with E-state index in [-0.39, 0.29) is 20.7 Å². The van der Waals surface area contributed by atoms with Gasteiger partial charge in [0.15, 0.2) is 0 Å². The minimum atomic E-state index is -0.814. The Labute approximate surface area is 126 Å². The first-order chi connectivity index (χ1) is 8.97. The Morgan fingerprint density at radius 2 is 1.79 bits per heavy atom. The number of esters is 2. The normalized spacial score (nSPS) is 13.5. The molecule has 7 heteroatoms. The number of rotatable bonds is 9. The zero-order valence-electron chi connectivity index (χ0n) is 11.6. The topological polar surface area (TPSA) is 69.7 Å². The molecule has 0 aliphatic carbocycles. The summed E-state index contributed by atoms with van der Waals surface area (Å²) in [6, 6.07) is 0. The molecule has 0 saturated heterocycles. The molecule has 0 aromatic heterocycles. The summed E-state index contributed by atoms with van der Waals surface area (Å²) in [6.07, 6.45) is -0.329. The summed E-state index contributed by atoms with van der Waals surface area (Å²) in [7, 11) is 1.27. The second kappa shape index (κ2) is 10.4. The van der Waals surface area contributed by atoms with Crippen molar-refractivity contribution in [2.75, 3.05) is 7.11 Å². The number of ketones is 1. The van der Waals surface area contributed by atoms with Crippen LogP contribution in [0.15, 0.2) is 0 Å². The van der Waals surface area contributed by atoms with Gasteiger partial charge in [-0.25, -0.2) is 0 Å². The number of hydrogen-bond donors (Lipinski definition) is 0. The molecule has 2 unspecified atom stereocenters. The average Bonchev–Trinajstić information content (AvgIpc) is 2.38. The summed E-state index contributed by atoms with van der Waals surface area (Å²) in [6.45, 7) is 1.27. The van der Waals surface area contributed by atoms with Crippen LogP contribution in [0.3, 0.4) is 0 Å². The van der Waals surface area contributed by atoms with Crippen LogP contribution < -0.4 is 0 Å². The molecule has 0 spiro atoms. The van der Waals surface area contributed by atoms with Crippen LogP contribution in [0.1, 0.15) is 13.3 Å². The Morgan fingerprint density at radius 3 is 2.21 bits per heavy atom. The van der Waals surface area contributed by atoms with E-state index in [0.717, 1.165) is 5.32 Å². The van der Waals surface area contributed by atoms with Gasteiger partial charge in [0.2, 0.25) is 0 Å². The fraction of sp³-hybridized carbons (Fsp3) is 0.750.